The van der Waals surface area contributed by atoms with E-state index in [1.807, 2.05) is 80.6 Å². The van der Waals surface area contributed by atoms with E-state index in [0.717, 1.165) is 54.5 Å². The Kier molecular flexibility index (Phi) is 9.94. The van der Waals surface area contributed by atoms with Gasteiger partial charge in [-0.05, 0) is 91.3 Å². The second kappa shape index (κ2) is 13.4. The summed E-state index contributed by atoms with van der Waals surface area (Å²) in [6, 6.07) is 24.8. The molecule has 0 aromatic heterocycles. The lowest BCUT2D eigenvalue weighted by molar-refractivity contribution is -0.121. The zero-order chi connectivity index (χ0) is 27.8. The van der Waals surface area contributed by atoms with Crippen LogP contribution in [0.25, 0.3) is 11.1 Å². The molecular weight excluding hydrogens is 506 g/mol. The van der Waals surface area contributed by atoms with E-state index in [1.165, 1.54) is 4.31 Å². The van der Waals surface area contributed by atoms with E-state index >= 15 is 0 Å². The van der Waals surface area contributed by atoms with Crippen molar-refractivity contribution in [1.82, 2.24) is 9.62 Å². The van der Waals surface area contributed by atoms with Crippen molar-refractivity contribution < 1.29 is 13.2 Å². The summed E-state index contributed by atoms with van der Waals surface area (Å²) in [5, 5.41) is 3.01. The molecule has 1 atom stereocenters. The minimum Gasteiger partial charge on any atom is -0.355 e. The van der Waals surface area contributed by atoms with Crippen LogP contribution in [0.15, 0.2) is 83.8 Å². The lowest BCUT2D eigenvalue weighted by Gasteiger charge is -2.28. The van der Waals surface area contributed by atoms with Gasteiger partial charge in [0.15, 0.2) is 0 Å². The zero-order valence-electron chi connectivity index (χ0n) is 23.1. The van der Waals surface area contributed by atoms with Gasteiger partial charge in [-0.2, -0.15) is 4.31 Å². The summed E-state index contributed by atoms with van der Waals surface area (Å²) >= 11 is 0. The Morgan fingerprint density at radius 3 is 2.18 bits per heavy atom. The second-order valence-corrected chi connectivity index (χ2v) is 12.8. The highest BCUT2D eigenvalue weighted by Crippen LogP contribution is 2.28. The molecule has 1 aliphatic carbocycles. The topological polar surface area (TPSA) is 92.5 Å². The molecule has 1 amide bonds. The van der Waals surface area contributed by atoms with Crippen molar-refractivity contribution in [3.63, 3.8) is 0 Å². The number of sulfonamides is 1. The third-order valence-corrected chi connectivity index (χ3v) is 9.83. The van der Waals surface area contributed by atoms with Crippen molar-refractivity contribution in [3.8, 4) is 11.1 Å². The summed E-state index contributed by atoms with van der Waals surface area (Å²) < 4.78 is 29.0. The number of hydrogen-bond acceptors (Lipinski definition) is 4. The quantitative estimate of drug-likeness (QED) is 0.339. The van der Waals surface area contributed by atoms with Crippen LogP contribution in [0.2, 0.25) is 0 Å². The number of benzene rings is 3. The first-order valence-electron chi connectivity index (χ1n) is 14.0. The van der Waals surface area contributed by atoms with Gasteiger partial charge in [-0.25, -0.2) is 8.42 Å². The second-order valence-electron chi connectivity index (χ2n) is 10.9. The van der Waals surface area contributed by atoms with Crippen LogP contribution in [-0.2, 0) is 14.8 Å². The van der Waals surface area contributed by atoms with Crippen LogP contribution in [0.3, 0.4) is 0 Å². The molecule has 0 bridgehead atoms. The van der Waals surface area contributed by atoms with E-state index in [4.69, 9.17) is 5.73 Å². The Morgan fingerprint density at radius 2 is 1.54 bits per heavy atom. The van der Waals surface area contributed by atoms with Crippen LogP contribution in [0, 0.1) is 18.8 Å². The van der Waals surface area contributed by atoms with Crippen molar-refractivity contribution in [2.75, 3.05) is 26.2 Å². The molecule has 1 fully saturated rings. The number of nitrogens with two attached hydrogens (primary N) is 1. The molecule has 3 N–H and O–H groups in total. The fourth-order valence-electron chi connectivity index (χ4n) is 5.44. The van der Waals surface area contributed by atoms with Gasteiger partial charge in [-0.15, -0.1) is 0 Å². The van der Waals surface area contributed by atoms with Gasteiger partial charge in [0.05, 0.1) is 11.4 Å². The number of rotatable bonds is 11. The van der Waals surface area contributed by atoms with Crippen LogP contribution in [0.4, 0.5) is 0 Å². The Labute approximate surface area is 233 Å². The maximum atomic E-state index is 13.9. The van der Waals surface area contributed by atoms with E-state index in [1.54, 1.807) is 12.1 Å². The molecule has 4 rings (SSSR count). The third kappa shape index (κ3) is 7.56. The van der Waals surface area contributed by atoms with Gasteiger partial charge in [0.2, 0.25) is 15.9 Å². The summed E-state index contributed by atoms with van der Waals surface area (Å²) in [7, 11) is -3.90. The van der Waals surface area contributed by atoms with Gasteiger partial charge in [0.25, 0.3) is 0 Å². The number of amides is 1. The maximum Gasteiger partial charge on any atom is 0.243 e. The van der Waals surface area contributed by atoms with Crippen molar-refractivity contribution in [1.29, 1.82) is 0 Å². The van der Waals surface area contributed by atoms with Gasteiger partial charge >= 0.3 is 0 Å². The highest BCUT2D eigenvalue weighted by molar-refractivity contribution is 7.89. The van der Waals surface area contributed by atoms with E-state index in [2.05, 4.69) is 5.32 Å². The molecule has 0 radical (unpaired) electrons. The number of hydrogen-bond donors (Lipinski definition) is 2. The third-order valence-electron chi connectivity index (χ3n) is 8.00. The normalized spacial score (nSPS) is 18.6. The fourth-order valence-corrected chi connectivity index (χ4v) is 6.92. The number of aryl methyl sites for hydroxylation is 1. The number of nitrogens with one attached hydrogen (secondary N) is 1. The molecule has 39 heavy (non-hydrogen) atoms. The van der Waals surface area contributed by atoms with Crippen LogP contribution < -0.4 is 11.1 Å². The van der Waals surface area contributed by atoms with Crippen LogP contribution in [-0.4, -0.2) is 44.8 Å². The molecule has 0 saturated heterocycles. The summed E-state index contributed by atoms with van der Waals surface area (Å²) in [6.07, 6.45) is 4.26. The SMILES string of the molecule is Cc1ccccc1-c1ccc(S(=O)(=O)N(CC(=O)NCC2CCC(CN)CC2)C[C@@H](C)c2ccccc2)cc1. The number of carbonyl (C=O) groups is 1. The van der Waals surface area contributed by atoms with Crippen molar-refractivity contribution >= 4 is 15.9 Å². The Hall–Kier alpha value is -3.00. The van der Waals surface area contributed by atoms with Gasteiger partial charge in [0.1, 0.15) is 0 Å². The van der Waals surface area contributed by atoms with Crippen molar-refractivity contribution in [3.05, 3.63) is 90.0 Å². The molecule has 208 valence electrons. The van der Waals surface area contributed by atoms with Crippen LogP contribution in [0.1, 0.15) is 49.7 Å². The minimum absolute atomic E-state index is 0.0773. The summed E-state index contributed by atoms with van der Waals surface area (Å²) in [4.78, 5) is 13.2. The largest absolute Gasteiger partial charge is 0.355 e. The first-order chi connectivity index (χ1) is 18.8. The van der Waals surface area contributed by atoms with Crippen molar-refractivity contribution in [2.45, 2.75) is 50.3 Å². The molecule has 6 nitrogen and oxygen atoms in total. The minimum atomic E-state index is -3.90. The Balaban J connectivity index is 1.50. The van der Waals surface area contributed by atoms with Gasteiger partial charge in [-0.1, -0.05) is 73.7 Å². The molecule has 7 heteroatoms. The van der Waals surface area contributed by atoms with E-state index < -0.39 is 10.0 Å². The van der Waals surface area contributed by atoms with E-state index in [-0.39, 0.29) is 29.8 Å². The fraction of sp³-hybridized carbons (Fsp3) is 0.406. The monoisotopic (exact) mass is 547 g/mol. The summed E-state index contributed by atoms with van der Waals surface area (Å²) in [6.45, 7) is 5.32. The predicted molar refractivity (Wildman–Crippen MR) is 158 cm³/mol. The summed E-state index contributed by atoms with van der Waals surface area (Å²) in [5.41, 5.74) is 9.99. The number of carbonyl (C=O) groups excluding carboxylic acids is 1. The van der Waals surface area contributed by atoms with E-state index in [0.29, 0.717) is 18.4 Å². The maximum absolute atomic E-state index is 13.9. The highest BCUT2D eigenvalue weighted by atomic mass is 32.2. The average Bonchev–Trinajstić information content (AvgIpc) is 2.96. The molecule has 3 aromatic rings. The molecular formula is C32H41N3O3S. The lowest BCUT2D eigenvalue weighted by Crippen LogP contribution is -2.43. The zero-order valence-corrected chi connectivity index (χ0v) is 23.9. The van der Waals surface area contributed by atoms with Crippen molar-refractivity contribution in [2.24, 2.45) is 17.6 Å². The van der Waals surface area contributed by atoms with Crippen LogP contribution >= 0.6 is 0 Å². The first kappa shape index (κ1) is 29.0. The van der Waals surface area contributed by atoms with Gasteiger partial charge < -0.3 is 11.1 Å². The summed E-state index contributed by atoms with van der Waals surface area (Å²) in [5.74, 6) is 0.649. The lowest BCUT2D eigenvalue weighted by atomic mass is 9.82. The first-order valence-corrected chi connectivity index (χ1v) is 15.4. The molecule has 0 aliphatic heterocycles. The van der Waals surface area contributed by atoms with E-state index in [9.17, 15) is 13.2 Å². The molecule has 1 saturated carbocycles. The molecule has 1 aliphatic rings. The van der Waals surface area contributed by atoms with Gasteiger partial charge in [0, 0.05) is 13.1 Å². The highest BCUT2D eigenvalue weighted by Gasteiger charge is 2.29. The van der Waals surface area contributed by atoms with Gasteiger partial charge in [-0.3, -0.25) is 4.79 Å². The average molecular weight is 548 g/mol. The smallest absolute Gasteiger partial charge is 0.243 e. The molecule has 3 aromatic carbocycles. The number of nitrogens with zero attached hydrogens (tertiary/aromatic N) is 1. The predicted octanol–water partition coefficient (Wildman–Crippen LogP) is 5.34. The molecule has 0 spiro atoms. The molecule has 0 heterocycles. The van der Waals surface area contributed by atoms with Crippen LogP contribution in [0.5, 0.6) is 0 Å². The standard InChI is InChI=1S/C32H41N3O3S/c1-24-8-6-7-11-31(24)29-16-18-30(19-17-29)39(37,38)35(22-25(2)28-9-4-3-5-10-28)23-32(36)34-21-27-14-12-26(20-33)13-15-27/h3-11,16-19,25-27H,12-15,20-23,33H2,1-2H3,(H,34,36)/t25-,26?,27?/m1/s1. The Morgan fingerprint density at radius 1 is 0.923 bits per heavy atom. The Bertz CT molecular complexity index is 1320. The molecule has 0 unspecified atom stereocenters.